The molecule has 0 radical (unpaired) electrons. The second-order valence-corrected chi connectivity index (χ2v) is 6.77. The monoisotopic (exact) mass is 347 g/mol. The van der Waals surface area contributed by atoms with Gasteiger partial charge in [-0.1, -0.05) is 35.9 Å². The van der Waals surface area contributed by atoms with Crippen molar-refractivity contribution in [2.45, 2.75) is 23.2 Å². The Hall–Kier alpha value is -1.98. The summed E-state index contributed by atoms with van der Waals surface area (Å²) in [6.07, 6.45) is 0.0331. The van der Waals surface area contributed by atoms with Crippen LogP contribution in [-0.4, -0.2) is 17.1 Å². The van der Waals surface area contributed by atoms with Gasteiger partial charge in [0, 0.05) is 9.92 Å². The lowest BCUT2D eigenvalue weighted by atomic mass is 10.2. The number of benzene rings is 2. The Balaban J connectivity index is 1.57. The maximum absolute atomic E-state index is 12.1. The van der Waals surface area contributed by atoms with E-state index in [2.05, 4.69) is 5.32 Å². The number of para-hydroxylation sites is 1. The van der Waals surface area contributed by atoms with Crippen LogP contribution in [0.25, 0.3) is 0 Å². The number of rotatable bonds is 4. The number of anilines is 1. The number of hydrogen-bond acceptors (Lipinski definition) is 4. The van der Waals surface area contributed by atoms with Gasteiger partial charge < -0.3 is 10.1 Å². The smallest absolute Gasteiger partial charge is 0.307 e. The number of carbonyl (C=O) groups excluding carboxylic acids is 2. The van der Waals surface area contributed by atoms with Crippen molar-refractivity contribution < 1.29 is 14.3 Å². The fourth-order valence-electron chi connectivity index (χ4n) is 2.23. The number of halogens is 1. The van der Waals surface area contributed by atoms with Gasteiger partial charge >= 0.3 is 5.97 Å². The van der Waals surface area contributed by atoms with E-state index in [0.717, 1.165) is 16.1 Å². The van der Waals surface area contributed by atoms with Gasteiger partial charge in [-0.25, -0.2) is 0 Å². The van der Waals surface area contributed by atoms with Crippen molar-refractivity contribution in [3.63, 3.8) is 0 Å². The predicted octanol–water partition coefficient (Wildman–Crippen LogP) is 3.89. The molecule has 1 atom stereocenters. The molecule has 23 heavy (non-hydrogen) atoms. The Labute approximate surface area is 143 Å². The van der Waals surface area contributed by atoms with Crippen molar-refractivity contribution in [2.75, 3.05) is 5.32 Å². The van der Waals surface area contributed by atoms with Gasteiger partial charge in [0.05, 0.1) is 17.4 Å². The Morgan fingerprint density at radius 3 is 2.87 bits per heavy atom. The highest BCUT2D eigenvalue weighted by molar-refractivity contribution is 8.01. The number of nitrogens with one attached hydrogen (secondary N) is 1. The van der Waals surface area contributed by atoms with Crippen LogP contribution in [0.15, 0.2) is 53.4 Å². The van der Waals surface area contributed by atoms with E-state index in [9.17, 15) is 9.59 Å². The first-order valence-corrected chi connectivity index (χ1v) is 8.34. The number of thioether (sulfide) groups is 1. The van der Waals surface area contributed by atoms with Gasteiger partial charge in [-0.15, -0.1) is 11.8 Å². The summed E-state index contributed by atoms with van der Waals surface area (Å²) < 4.78 is 5.23. The number of esters is 1. The molecule has 1 aliphatic rings. The third-order valence-electron chi connectivity index (χ3n) is 3.35. The van der Waals surface area contributed by atoms with E-state index in [1.54, 1.807) is 18.2 Å². The molecule has 0 aromatic heterocycles. The van der Waals surface area contributed by atoms with Crippen molar-refractivity contribution in [2.24, 2.45) is 0 Å². The molecule has 1 N–H and O–H groups in total. The van der Waals surface area contributed by atoms with Crippen LogP contribution in [0, 0.1) is 0 Å². The molecular weight excluding hydrogens is 334 g/mol. The molecule has 0 fully saturated rings. The lowest BCUT2D eigenvalue weighted by molar-refractivity contribution is -0.145. The first-order chi connectivity index (χ1) is 11.1. The Morgan fingerprint density at radius 1 is 1.22 bits per heavy atom. The molecule has 0 bridgehead atoms. The second kappa shape index (κ2) is 7.06. The quantitative estimate of drug-likeness (QED) is 0.852. The van der Waals surface area contributed by atoms with Gasteiger partial charge in [0.15, 0.2) is 0 Å². The molecule has 118 valence electrons. The lowest BCUT2D eigenvalue weighted by Crippen LogP contribution is -2.31. The van der Waals surface area contributed by atoms with Crippen LogP contribution in [0.3, 0.4) is 0 Å². The average Bonchev–Trinajstić information content (AvgIpc) is 2.54. The second-order valence-electron chi connectivity index (χ2n) is 5.09. The summed E-state index contributed by atoms with van der Waals surface area (Å²) in [6.45, 7) is 0.148. The molecule has 2 aromatic carbocycles. The summed E-state index contributed by atoms with van der Waals surface area (Å²) in [5, 5.41) is 2.93. The number of fused-ring (bicyclic) bond motifs is 1. The van der Waals surface area contributed by atoms with Gasteiger partial charge in [0.1, 0.15) is 6.61 Å². The first-order valence-electron chi connectivity index (χ1n) is 7.08. The third-order valence-corrected chi connectivity index (χ3v) is 4.86. The predicted molar refractivity (Wildman–Crippen MR) is 90.6 cm³/mol. The number of carbonyl (C=O) groups is 2. The summed E-state index contributed by atoms with van der Waals surface area (Å²) in [5.74, 6) is -0.578. The molecule has 4 nitrogen and oxygen atoms in total. The van der Waals surface area contributed by atoms with Gasteiger partial charge in [0.2, 0.25) is 5.91 Å². The van der Waals surface area contributed by atoms with Gasteiger partial charge in [-0.2, -0.15) is 0 Å². The average molecular weight is 348 g/mol. The minimum Gasteiger partial charge on any atom is -0.461 e. The van der Waals surface area contributed by atoms with Crippen LogP contribution in [0.1, 0.15) is 12.0 Å². The number of ether oxygens (including phenoxy) is 1. The maximum Gasteiger partial charge on any atom is 0.307 e. The standard InChI is InChI=1S/C17H14ClNO3S/c18-12-5-3-4-11(8-12)10-22-16(20)9-15-17(21)19-13-6-1-2-7-14(13)23-15/h1-8,15H,9-10H2,(H,19,21). The van der Waals surface area contributed by atoms with E-state index in [1.165, 1.54) is 11.8 Å². The summed E-state index contributed by atoms with van der Waals surface area (Å²) >= 11 is 7.27. The van der Waals surface area contributed by atoms with Crippen LogP contribution in [-0.2, 0) is 20.9 Å². The van der Waals surface area contributed by atoms with Crippen molar-refractivity contribution in [1.82, 2.24) is 0 Å². The molecule has 0 aliphatic carbocycles. The van der Waals surface area contributed by atoms with Crippen LogP contribution in [0.5, 0.6) is 0 Å². The fourth-order valence-corrected chi connectivity index (χ4v) is 3.54. The van der Waals surface area contributed by atoms with E-state index in [0.29, 0.717) is 5.02 Å². The van der Waals surface area contributed by atoms with Crippen LogP contribution >= 0.6 is 23.4 Å². The van der Waals surface area contributed by atoms with Crippen LogP contribution in [0.2, 0.25) is 5.02 Å². The van der Waals surface area contributed by atoms with E-state index < -0.39 is 11.2 Å². The molecule has 0 saturated heterocycles. The molecule has 1 aliphatic heterocycles. The van der Waals surface area contributed by atoms with E-state index in [4.69, 9.17) is 16.3 Å². The molecule has 3 rings (SSSR count). The van der Waals surface area contributed by atoms with E-state index in [-0.39, 0.29) is 18.9 Å². The summed E-state index contributed by atoms with van der Waals surface area (Å²) in [6, 6.07) is 14.7. The Bertz CT molecular complexity index is 750. The molecule has 2 aromatic rings. The molecule has 1 unspecified atom stereocenters. The van der Waals surface area contributed by atoms with Crippen molar-refractivity contribution in [3.05, 3.63) is 59.1 Å². The SMILES string of the molecule is O=C(CC1Sc2ccccc2NC1=O)OCc1cccc(Cl)c1. The molecule has 1 amide bonds. The summed E-state index contributed by atoms with van der Waals surface area (Å²) in [4.78, 5) is 25.0. The first kappa shape index (κ1) is 15.9. The largest absolute Gasteiger partial charge is 0.461 e. The zero-order chi connectivity index (χ0) is 16.2. The minimum atomic E-state index is -0.475. The Morgan fingerprint density at radius 2 is 2.04 bits per heavy atom. The number of hydrogen-bond donors (Lipinski definition) is 1. The van der Waals surface area contributed by atoms with Crippen molar-refractivity contribution in [1.29, 1.82) is 0 Å². The summed E-state index contributed by atoms with van der Waals surface area (Å²) in [7, 11) is 0. The van der Waals surface area contributed by atoms with Crippen LogP contribution < -0.4 is 5.32 Å². The molecular formula is C17H14ClNO3S. The maximum atomic E-state index is 12.1. The van der Waals surface area contributed by atoms with Crippen molar-refractivity contribution >= 4 is 40.9 Å². The van der Waals surface area contributed by atoms with E-state index in [1.807, 2.05) is 30.3 Å². The highest BCUT2D eigenvalue weighted by Crippen LogP contribution is 2.36. The molecule has 0 saturated carbocycles. The highest BCUT2D eigenvalue weighted by Gasteiger charge is 2.29. The van der Waals surface area contributed by atoms with Gasteiger partial charge in [0.25, 0.3) is 0 Å². The van der Waals surface area contributed by atoms with Crippen molar-refractivity contribution in [3.8, 4) is 0 Å². The lowest BCUT2D eigenvalue weighted by Gasteiger charge is -2.23. The summed E-state index contributed by atoms with van der Waals surface area (Å²) in [5.41, 5.74) is 1.60. The van der Waals surface area contributed by atoms with Crippen LogP contribution in [0.4, 0.5) is 5.69 Å². The zero-order valence-corrected chi connectivity index (χ0v) is 13.7. The topological polar surface area (TPSA) is 55.4 Å². The molecule has 1 heterocycles. The molecule has 0 spiro atoms. The Kier molecular flexibility index (Phi) is 4.88. The fraction of sp³-hybridized carbons (Fsp3) is 0.176. The normalized spacial score (nSPS) is 16.4. The highest BCUT2D eigenvalue weighted by atomic mass is 35.5. The van der Waals surface area contributed by atoms with Gasteiger partial charge in [-0.3, -0.25) is 9.59 Å². The van der Waals surface area contributed by atoms with E-state index >= 15 is 0 Å². The van der Waals surface area contributed by atoms with Gasteiger partial charge in [-0.05, 0) is 29.8 Å². The zero-order valence-electron chi connectivity index (χ0n) is 12.1. The molecule has 6 heteroatoms. The third kappa shape index (κ3) is 4.06. The number of amides is 1. The minimum absolute atomic E-state index is 0.0331.